The Morgan fingerprint density at radius 1 is 1.06 bits per heavy atom. The molecule has 1 N–H and O–H groups in total. The summed E-state index contributed by atoms with van der Waals surface area (Å²) < 4.78 is 0. The Labute approximate surface area is 106 Å². The van der Waals surface area contributed by atoms with E-state index in [0.29, 0.717) is 6.42 Å². The minimum atomic E-state index is -0.0622. The predicted octanol–water partition coefficient (Wildman–Crippen LogP) is 4.10. The van der Waals surface area contributed by atoms with Gasteiger partial charge in [-0.2, -0.15) is 5.48 Å². The Morgan fingerprint density at radius 3 is 2.12 bits per heavy atom. The third-order valence-electron chi connectivity index (χ3n) is 2.76. The average molecular weight is 241 g/mol. The summed E-state index contributed by atoms with van der Waals surface area (Å²) in [4.78, 5) is 15.7. The zero-order chi connectivity index (χ0) is 12.8. The number of nitrogens with one attached hydrogen (secondary N) is 1. The monoisotopic (exact) mass is 241 g/mol. The molecule has 100 valence electrons. The second-order valence-corrected chi connectivity index (χ2v) is 4.39. The molecule has 17 heavy (non-hydrogen) atoms. The lowest BCUT2D eigenvalue weighted by atomic mass is 10.1. The van der Waals surface area contributed by atoms with Gasteiger partial charge in [-0.1, -0.05) is 64.9 Å². The van der Waals surface area contributed by atoms with Crippen LogP contribution in [0.5, 0.6) is 0 Å². The van der Waals surface area contributed by atoms with E-state index >= 15 is 0 Å². The van der Waals surface area contributed by atoms with E-state index in [0.717, 1.165) is 12.8 Å². The fourth-order valence-electron chi connectivity index (χ4n) is 1.75. The number of rotatable bonds is 12. The van der Waals surface area contributed by atoms with E-state index in [1.807, 2.05) is 0 Å². The second-order valence-electron chi connectivity index (χ2n) is 4.39. The molecule has 0 rings (SSSR count). The average Bonchev–Trinajstić information content (AvgIpc) is 2.34. The van der Waals surface area contributed by atoms with E-state index in [9.17, 15) is 4.79 Å². The first kappa shape index (κ1) is 16.0. The summed E-state index contributed by atoms with van der Waals surface area (Å²) in [6.45, 7) is 5.58. The predicted molar refractivity (Wildman–Crippen MR) is 71.3 cm³/mol. The lowest BCUT2D eigenvalue weighted by Gasteiger charge is -2.03. The van der Waals surface area contributed by atoms with Crippen molar-refractivity contribution in [1.82, 2.24) is 5.48 Å². The normalized spacial score (nSPS) is 9.94. The van der Waals surface area contributed by atoms with Crippen LogP contribution in [0.25, 0.3) is 0 Å². The minimum Gasteiger partial charge on any atom is -0.388 e. The lowest BCUT2D eigenvalue weighted by molar-refractivity contribution is -0.129. The van der Waals surface area contributed by atoms with Crippen molar-refractivity contribution < 1.29 is 9.63 Å². The second kappa shape index (κ2) is 13.1. The Bertz CT molecular complexity index is 193. The van der Waals surface area contributed by atoms with Crippen LogP contribution in [0.1, 0.15) is 71.1 Å². The Kier molecular flexibility index (Phi) is 12.3. The molecule has 0 atom stereocenters. The molecular weight excluding hydrogens is 214 g/mol. The summed E-state index contributed by atoms with van der Waals surface area (Å²) in [7, 11) is 0. The van der Waals surface area contributed by atoms with E-state index in [2.05, 4.69) is 23.8 Å². The van der Waals surface area contributed by atoms with Gasteiger partial charge in [0.05, 0.1) is 0 Å². The van der Waals surface area contributed by atoms with Gasteiger partial charge < -0.3 is 4.84 Å². The summed E-state index contributed by atoms with van der Waals surface area (Å²) in [6, 6.07) is 0. The number of hydrogen-bond acceptors (Lipinski definition) is 2. The van der Waals surface area contributed by atoms with E-state index in [1.54, 1.807) is 0 Å². The van der Waals surface area contributed by atoms with Crippen LogP contribution in [-0.2, 0) is 9.63 Å². The van der Waals surface area contributed by atoms with Gasteiger partial charge in [0.2, 0.25) is 0 Å². The van der Waals surface area contributed by atoms with Gasteiger partial charge in [0, 0.05) is 6.42 Å². The van der Waals surface area contributed by atoms with Crippen molar-refractivity contribution in [2.45, 2.75) is 71.1 Å². The van der Waals surface area contributed by atoms with Crippen molar-refractivity contribution in [2.75, 3.05) is 0 Å². The zero-order valence-electron chi connectivity index (χ0n) is 11.2. The van der Waals surface area contributed by atoms with E-state index in [-0.39, 0.29) is 5.91 Å². The van der Waals surface area contributed by atoms with Gasteiger partial charge >= 0.3 is 0 Å². The minimum absolute atomic E-state index is 0.0622. The molecule has 0 aliphatic carbocycles. The maximum Gasteiger partial charge on any atom is 0.252 e. The van der Waals surface area contributed by atoms with Crippen molar-refractivity contribution in [3.8, 4) is 0 Å². The van der Waals surface area contributed by atoms with E-state index in [1.165, 1.54) is 51.2 Å². The highest BCUT2D eigenvalue weighted by atomic mass is 16.6. The van der Waals surface area contributed by atoms with Crippen molar-refractivity contribution in [2.24, 2.45) is 0 Å². The lowest BCUT2D eigenvalue weighted by Crippen LogP contribution is -2.20. The molecule has 0 spiro atoms. The quantitative estimate of drug-likeness (QED) is 0.317. The third kappa shape index (κ3) is 12.9. The van der Waals surface area contributed by atoms with Crippen LogP contribution in [-0.4, -0.2) is 5.91 Å². The van der Waals surface area contributed by atoms with Crippen molar-refractivity contribution in [3.63, 3.8) is 0 Å². The highest BCUT2D eigenvalue weighted by Crippen LogP contribution is 2.10. The molecule has 0 aromatic rings. The van der Waals surface area contributed by atoms with Crippen LogP contribution in [0.2, 0.25) is 0 Å². The molecule has 0 unspecified atom stereocenters. The molecule has 0 saturated carbocycles. The molecular formula is C14H27NO2. The van der Waals surface area contributed by atoms with Crippen LogP contribution >= 0.6 is 0 Å². The number of amides is 1. The fraction of sp³-hybridized carbons (Fsp3) is 0.786. The summed E-state index contributed by atoms with van der Waals surface area (Å²) in [6.07, 6.45) is 13.1. The molecule has 3 heteroatoms. The molecule has 0 heterocycles. The number of carbonyl (C=O) groups is 1. The van der Waals surface area contributed by atoms with Crippen LogP contribution in [0.15, 0.2) is 12.8 Å². The molecule has 1 amide bonds. The molecule has 0 aliphatic heterocycles. The van der Waals surface area contributed by atoms with Crippen LogP contribution < -0.4 is 5.48 Å². The Morgan fingerprint density at radius 2 is 1.59 bits per heavy atom. The van der Waals surface area contributed by atoms with Gasteiger partial charge in [-0.05, 0) is 6.42 Å². The highest BCUT2D eigenvalue weighted by Gasteiger charge is 1.99. The van der Waals surface area contributed by atoms with Crippen LogP contribution in [0, 0.1) is 0 Å². The smallest absolute Gasteiger partial charge is 0.252 e. The van der Waals surface area contributed by atoms with Crippen molar-refractivity contribution in [1.29, 1.82) is 0 Å². The van der Waals surface area contributed by atoms with Crippen molar-refractivity contribution in [3.05, 3.63) is 12.8 Å². The zero-order valence-corrected chi connectivity index (χ0v) is 11.2. The van der Waals surface area contributed by atoms with E-state index in [4.69, 9.17) is 0 Å². The summed E-state index contributed by atoms with van der Waals surface area (Å²) in [5.74, 6) is -0.0622. The number of unbranched alkanes of at least 4 members (excludes halogenated alkanes) is 8. The molecule has 0 bridgehead atoms. The summed E-state index contributed by atoms with van der Waals surface area (Å²) in [5.41, 5.74) is 2.30. The first-order chi connectivity index (χ1) is 8.31. The fourth-order valence-corrected chi connectivity index (χ4v) is 1.75. The van der Waals surface area contributed by atoms with Crippen molar-refractivity contribution >= 4 is 5.91 Å². The van der Waals surface area contributed by atoms with Gasteiger partial charge in [0.25, 0.3) is 5.91 Å². The molecule has 0 fully saturated rings. The highest BCUT2D eigenvalue weighted by molar-refractivity contribution is 5.74. The van der Waals surface area contributed by atoms with Gasteiger partial charge in [0.1, 0.15) is 6.26 Å². The molecule has 0 aromatic carbocycles. The maximum absolute atomic E-state index is 11.1. The Hall–Kier alpha value is -0.990. The standard InChI is InChI=1S/C14H27NO2/c1-3-5-6-7-8-9-10-11-12-13-14(16)15-17-4-2/h4H,2-3,5-13H2,1H3,(H,15,16). The largest absolute Gasteiger partial charge is 0.388 e. The number of hydroxylamine groups is 1. The summed E-state index contributed by atoms with van der Waals surface area (Å²) >= 11 is 0. The van der Waals surface area contributed by atoms with Gasteiger partial charge in [0.15, 0.2) is 0 Å². The number of hydrogen-bond donors (Lipinski definition) is 1. The first-order valence-corrected chi connectivity index (χ1v) is 6.86. The summed E-state index contributed by atoms with van der Waals surface area (Å²) in [5, 5.41) is 0. The van der Waals surface area contributed by atoms with Gasteiger partial charge in [-0.3, -0.25) is 4.79 Å². The molecule has 0 aliphatic rings. The molecule has 3 nitrogen and oxygen atoms in total. The Balaban J connectivity index is 3.07. The molecule has 0 saturated heterocycles. The topological polar surface area (TPSA) is 38.3 Å². The SMILES string of the molecule is C=CONC(=O)CCCCCCCCCCC. The van der Waals surface area contributed by atoms with Gasteiger partial charge in [-0.25, -0.2) is 0 Å². The first-order valence-electron chi connectivity index (χ1n) is 6.86. The van der Waals surface area contributed by atoms with Crippen LogP contribution in [0.3, 0.4) is 0 Å². The van der Waals surface area contributed by atoms with E-state index < -0.39 is 0 Å². The third-order valence-corrected chi connectivity index (χ3v) is 2.76. The van der Waals surface area contributed by atoms with Gasteiger partial charge in [-0.15, -0.1) is 0 Å². The molecule has 0 radical (unpaired) electrons. The molecule has 0 aromatic heterocycles. The maximum atomic E-state index is 11.1. The number of carbonyl (C=O) groups excluding carboxylic acids is 1. The van der Waals surface area contributed by atoms with Crippen LogP contribution in [0.4, 0.5) is 0 Å².